The topological polar surface area (TPSA) is 122 Å². The zero-order valence-electron chi connectivity index (χ0n) is 7.24. The van der Waals surface area contributed by atoms with Gasteiger partial charge in [-0.25, -0.2) is 0 Å². The number of nitrogens with two attached hydrogens (primary N) is 2. The molecule has 0 aromatic rings. The van der Waals surface area contributed by atoms with Gasteiger partial charge in [0.25, 0.3) is 5.91 Å². The first-order valence-corrected chi connectivity index (χ1v) is 3.42. The molecular weight excluding hydrogens is 176 g/mol. The summed E-state index contributed by atoms with van der Waals surface area (Å²) in [5.74, 6) is -1.63. The third-order valence-electron chi connectivity index (χ3n) is 1.15. The molecule has 5 N–H and O–H groups in total. The van der Waals surface area contributed by atoms with Crippen LogP contribution in [0.3, 0.4) is 0 Å². The standard InChI is InChI=1S/C6H12N4O3/c1-10(6(8)9)2-5(12)13-3-4(7)11/h2-3H2,1H3,(H2,7,11)(H3,8,9). The molecule has 0 atom stereocenters. The highest BCUT2D eigenvalue weighted by molar-refractivity contribution is 5.83. The number of rotatable bonds is 4. The Morgan fingerprint density at radius 1 is 1.46 bits per heavy atom. The Bertz CT molecular complexity index is 228. The van der Waals surface area contributed by atoms with Gasteiger partial charge >= 0.3 is 5.97 Å². The van der Waals surface area contributed by atoms with E-state index >= 15 is 0 Å². The predicted octanol–water partition coefficient (Wildman–Crippen LogP) is -2.16. The first-order valence-electron chi connectivity index (χ1n) is 3.42. The van der Waals surface area contributed by atoms with Crippen molar-refractivity contribution in [3.63, 3.8) is 0 Å². The van der Waals surface area contributed by atoms with Crippen molar-refractivity contribution in [2.24, 2.45) is 11.5 Å². The quantitative estimate of drug-likeness (QED) is 0.263. The zero-order chi connectivity index (χ0) is 10.4. The van der Waals surface area contributed by atoms with Crippen LogP contribution in [0.15, 0.2) is 0 Å². The number of primary amides is 1. The molecule has 7 nitrogen and oxygen atoms in total. The van der Waals surface area contributed by atoms with Gasteiger partial charge in [0.15, 0.2) is 12.6 Å². The second-order valence-corrected chi connectivity index (χ2v) is 2.37. The van der Waals surface area contributed by atoms with Crippen LogP contribution in [-0.2, 0) is 14.3 Å². The number of amides is 1. The fourth-order valence-corrected chi connectivity index (χ4v) is 0.476. The molecule has 0 aromatic carbocycles. The molecule has 7 heteroatoms. The van der Waals surface area contributed by atoms with Crippen molar-refractivity contribution in [1.82, 2.24) is 4.90 Å². The molecule has 0 bridgehead atoms. The molecule has 0 aliphatic heterocycles. The average Bonchev–Trinajstić information content (AvgIpc) is 2.00. The molecule has 1 amide bonds. The second kappa shape index (κ2) is 4.96. The molecule has 0 aromatic heterocycles. The van der Waals surface area contributed by atoms with Crippen molar-refractivity contribution in [2.75, 3.05) is 20.2 Å². The van der Waals surface area contributed by atoms with Crippen molar-refractivity contribution >= 4 is 17.8 Å². The number of hydrogen-bond acceptors (Lipinski definition) is 4. The molecule has 0 radical (unpaired) electrons. The molecule has 0 rings (SSSR count). The average molecular weight is 188 g/mol. The van der Waals surface area contributed by atoms with Gasteiger partial charge in [-0.3, -0.25) is 15.0 Å². The molecular formula is C6H12N4O3. The van der Waals surface area contributed by atoms with Crippen LogP contribution in [0.1, 0.15) is 0 Å². The van der Waals surface area contributed by atoms with Gasteiger partial charge in [0.1, 0.15) is 6.54 Å². The lowest BCUT2D eigenvalue weighted by Gasteiger charge is -2.14. The normalized spacial score (nSPS) is 9.00. The minimum atomic E-state index is -0.723. The minimum Gasteiger partial charge on any atom is -0.454 e. The SMILES string of the molecule is CN(CC(=O)OCC(N)=O)C(=N)N. The number of likely N-dealkylation sites (N-methyl/N-ethyl adjacent to an activating group) is 1. The van der Waals surface area contributed by atoms with E-state index in [1.165, 1.54) is 11.9 Å². The Balaban J connectivity index is 3.74. The lowest BCUT2D eigenvalue weighted by Crippen LogP contribution is -2.38. The third kappa shape index (κ3) is 5.48. The summed E-state index contributed by atoms with van der Waals surface area (Å²) in [7, 11) is 1.45. The smallest absolute Gasteiger partial charge is 0.326 e. The van der Waals surface area contributed by atoms with Gasteiger partial charge in [0.05, 0.1) is 0 Å². The van der Waals surface area contributed by atoms with E-state index in [-0.39, 0.29) is 12.5 Å². The third-order valence-corrected chi connectivity index (χ3v) is 1.15. The Kier molecular flexibility index (Phi) is 4.28. The fraction of sp³-hybridized carbons (Fsp3) is 0.500. The minimum absolute atomic E-state index is 0.178. The molecule has 0 fully saturated rings. The summed E-state index contributed by atoms with van der Waals surface area (Å²) >= 11 is 0. The van der Waals surface area contributed by atoms with Gasteiger partial charge in [-0.15, -0.1) is 0 Å². The van der Waals surface area contributed by atoms with Gasteiger partial charge in [-0.1, -0.05) is 0 Å². The molecule has 0 heterocycles. The van der Waals surface area contributed by atoms with Gasteiger partial charge in [0.2, 0.25) is 0 Å². The molecule has 0 aliphatic rings. The van der Waals surface area contributed by atoms with Crippen LogP contribution < -0.4 is 11.5 Å². The molecule has 0 unspecified atom stereocenters. The van der Waals surface area contributed by atoms with Crippen molar-refractivity contribution in [3.8, 4) is 0 Å². The van der Waals surface area contributed by atoms with Gasteiger partial charge < -0.3 is 21.1 Å². The van der Waals surface area contributed by atoms with Crippen LogP contribution in [0, 0.1) is 5.41 Å². The maximum atomic E-state index is 10.8. The first kappa shape index (κ1) is 11.2. The zero-order valence-corrected chi connectivity index (χ0v) is 7.24. The van der Waals surface area contributed by atoms with Crippen molar-refractivity contribution in [2.45, 2.75) is 0 Å². The number of esters is 1. The van der Waals surface area contributed by atoms with Crippen molar-refractivity contribution < 1.29 is 14.3 Å². The summed E-state index contributed by atoms with van der Waals surface area (Å²) in [6, 6.07) is 0. The van der Waals surface area contributed by atoms with E-state index < -0.39 is 18.5 Å². The molecule has 0 spiro atoms. The highest BCUT2D eigenvalue weighted by Crippen LogP contribution is 1.83. The molecule has 13 heavy (non-hydrogen) atoms. The number of ether oxygens (including phenoxy) is 1. The van der Waals surface area contributed by atoms with Crippen molar-refractivity contribution in [1.29, 1.82) is 5.41 Å². The Morgan fingerprint density at radius 3 is 2.38 bits per heavy atom. The van der Waals surface area contributed by atoms with Crippen LogP contribution in [0.2, 0.25) is 0 Å². The van der Waals surface area contributed by atoms with Gasteiger partial charge in [0, 0.05) is 7.05 Å². The highest BCUT2D eigenvalue weighted by Gasteiger charge is 2.09. The number of hydrogen-bond donors (Lipinski definition) is 3. The van der Waals surface area contributed by atoms with Crippen LogP contribution >= 0.6 is 0 Å². The predicted molar refractivity (Wildman–Crippen MR) is 44.7 cm³/mol. The summed E-state index contributed by atoms with van der Waals surface area (Å²) in [5, 5.41) is 6.91. The lowest BCUT2D eigenvalue weighted by atomic mass is 10.5. The Labute approximate surface area is 75.1 Å². The molecule has 74 valence electrons. The van der Waals surface area contributed by atoms with Crippen LogP contribution in [0.25, 0.3) is 0 Å². The van der Waals surface area contributed by atoms with E-state index in [0.29, 0.717) is 0 Å². The highest BCUT2D eigenvalue weighted by atomic mass is 16.5. The van der Waals surface area contributed by atoms with E-state index in [0.717, 1.165) is 0 Å². The summed E-state index contributed by atoms with van der Waals surface area (Å²) in [6.07, 6.45) is 0. The van der Waals surface area contributed by atoms with Crippen molar-refractivity contribution in [3.05, 3.63) is 0 Å². The largest absolute Gasteiger partial charge is 0.454 e. The van der Waals surface area contributed by atoms with E-state index in [1.807, 2.05) is 0 Å². The van der Waals surface area contributed by atoms with E-state index in [9.17, 15) is 9.59 Å². The maximum Gasteiger partial charge on any atom is 0.326 e. The van der Waals surface area contributed by atoms with Gasteiger partial charge in [-0.05, 0) is 0 Å². The number of guanidine groups is 1. The van der Waals surface area contributed by atoms with Gasteiger partial charge in [-0.2, -0.15) is 0 Å². The second-order valence-electron chi connectivity index (χ2n) is 2.37. The van der Waals surface area contributed by atoms with Crippen LogP contribution in [-0.4, -0.2) is 42.9 Å². The molecule has 0 saturated carbocycles. The lowest BCUT2D eigenvalue weighted by molar-refractivity contribution is -0.147. The summed E-state index contributed by atoms with van der Waals surface area (Å²) < 4.78 is 4.42. The summed E-state index contributed by atoms with van der Waals surface area (Å²) in [5.41, 5.74) is 9.78. The number of nitrogens with zero attached hydrogens (tertiary/aromatic N) is 1. The number of carbonyl (C=O) groups is 2. The molecule has 0 saturated heterocycles. The molecule has 0 aliphatic carbocycles. The maximum absolute atomic E-state index is 10.8. The van der Waals surface area contributed by atoms with E-state index in [1.54, 1.807) is 0 Å². The Hall–Kier alpha value is -1.79. The van der Waals surface area contributed by atoms with E-state index in [4.69, 9.17) is 16.9 Å². The van der Waals surface area contributed by atoms with Crippen LogP contribution in [0.5, 0.6) is 0 Å². The number of nitrogens with one attached hydrogen (secondary N) is 1. The first-order chi connectivity index (χ1) is 5.93. The monoisotopic (exact) mass is 188 g/mol. The number of carbonyl (C=O) groups excluding carboxylic acids is 2. The summed E-state index contributed by atoms with van der Waals surface area (Å²) in [6.45, 7) is -0.632. The summed E-state index contributed by atoms with van der Waals surface area (Å²) in [4.78, 5) is 22.2. The Morgan fingerprint density at radius 2 is 2.00 bits per heavy atom. The fourth-order valence-electron chi connectivity index (χ4n) is 0.476. The van der Waals surface area contributed by atoms with Crippen LogP contribution in [0.4, 0.5) is 0 Å². The van der Waals surface area contributed by atoms with E-state index in [2.05, 4.69) is 4.74 Å².